The maximum Gasteiger partial charge on any atom is 0.136 e. The number of nitrogens with two attached hydrogens (primary N) is 1. The van der Waals surface area contributed by atoms with Gasteiger partial charge in [0.15, 0.2) is 0 Å². The molecule has 9 aromatic rings. The molecule has 0 radical (unpaired) electrons. The minimum Gasteiger partial charge on any atom is -0.456 e. The van der Waals surface area contributed by atoms with Gasteiger partial charge in [-0.3, -0.25) is 4.99 Å². The largest absolute Gasteiger partial charge is 0.456 e. The first-order valence-corrected chi connectivity index (χ1v) is 20.1. The van der Waals surface area contributed by atoms with E-state index in [4.69, 9.17) is 24.6 Å². The van der Waals surface area contributed by atoms with Crippen molar-refractivity contribution in [2.75, 3.05) is 0 Å². The molecule has 5 nitrogen and oxygen atoms in total. The zero-order chi connectivity index (χ0) is 40.1. The molecular formula is C54H43N3O2. The highest BCUT2D eigenvalue weighted by atomic mass is 16.3. The molecule has 5 heteroatoms. The van der Waals surface area contributed by atoms with Gasteiger partial charge >= 0.3 is 0 Å². The second-order valence-electron chi connectivity index (χ2n) is 14.6. The Morgan fingerprint density at radius 1 is 0.492 bits per heavy atom. The Labute approximate surface area is 343 Å². The summed E-state index contributed by atoms with van der Waals surface area (Å²) in [5.74, 6) is 0.432. The van der Waals surface area contributed by atoms with E-state index in [9.17, 15) is 0 Å². The first-order chi connectivity index (χ1) is 29.0. The van der Waals surface area contributed by atoms with Crippen LogP contribution >= 0.6 is 0 Å². The quantitative estimate of drug-likeness (QED) is 0.0809. The molecule has 0 spiro atoms. The van der Waals surface area contributed by atoms with Crippen molar-refractivity contribution in [3.8, 4) is 0 Å². The average Bonchev–Trinajstić information content (AvgIpc) is 3.83. The highest BCUT2D eigenvalue weighted by molar-refractivity contribution is 6.17. The second kappa shape index (κ2) is 16.5. The molecule has 2 aromatic heterocycles. The molecule has 0 atom stereocenters. The van der Waals surface area contributed by atoms with E-state index < -0.39 is 0 Å². The van der Waals surface area contributed by atoms with Crippen molar-refractivity contribution in [2.24, 2.45) is 15.7 Å². The Kier molecular flexibility index (Phi) is 10.4. The number of amidine groups is 1. The molecule has 0 aliphatic rings. The smallest absolute Gasteiger partial charge is 0.136 e. The van der Waals surface area contributed by atoms with E-state index >= 15 is 0 Å². The number of allylic oxidation sites excluding steroid dienone is 4. The van der Waals surface area contributed by atoms with Gasteiger partial charge in [-0.2, -0.15) is 0 Å². The van der Waals surface area contributed by atoms with Gasteiger partial charge in [-0.05, 0) is 102 Å². The normalized spacial score (nSPS) is 13.3. The summed E-state index contributed by atoms with van der Waals surface area (Å²) in [5, 5.41) is 3.88. The monoisotopic (exact) mass is 765 g/mol. The van der Waals surface area contributed by atoms with Crippen LogP contribution in [0.4, 0.5) is 0 Å². The molecule has 2 N–H and O–H groups in total. The van der Waals surface area contributed by atoms with Gasteiger partial charge in [-0.15, -0.1) is 0 Å². The molecule has 0 fully saturated rings. The Morgan fingerprint density at radius 3 is 1.56 bits per heavy atom. The maximum atomic E-state index is 6.76. The third-order valence-electron chi connectivity index (χ3n) is 10.6. The van der Waals surface area contributed by atoms with E-state index in [1.54, 1.807) is 0 Å². The number of hydrogen-bond donors (Lipinski definition) is 1. The van der Waals surface area contributed by atoms with Crippen LogP contribution in [0.5, 0.6) is 0 Å². The summed E-state index contributed by atoms with van der Waals surface area (Å²) in [4.78, 5) is 10.2. The highest BCUT2D eigenvalue weighted by Crippen LogP contribution is 2.38. The number of fused-ring (bicyclic) bond motifs is 6. The SMILES string of the molecule is CC/C=C(/C=C(\N=C(C)c1ccc2oc3cc4c(cc3c2c1)oc1ccc(C(N)=N/C(=C\Cc2ccccc2)c2ccccc2)cc14)c1ccccc1)c1ccccc1. The minimum atomic E-state index is 0.432. The topological polar surface area (TPSA) is 77.0 Å². The predicted molar refractivity (Wildman–Crippen MR) is 248 cm³/mol. The van der Waals surface area contributed by atoms with Crippen molar-refractivity contribution >= 4 is 72.4 Å². The van der Waals surface area contributed by atoms with Crippen molar-refractivity contribution in [1.29, 1.82) is 0 Å². The summed E-state index contributed by atoms with van der Waals surface area (Å²) in [6.07, 6.45) is 8.24. The van der Waals surface area contributed by atoms with E-state index in [1.807, 2.05) is 54.6 Å². The summed E-state index contributed by atoms with van der Waals surface area (Å²) in [5.41, 5.74) is 19.9. The van der Waals surface area contributed by atoms with Crippen LogP contribution in [-0.4, -0.2) is 11.5 Å². The van der Waals surface area contributed by atoms with Crippen molar-refractivity contribution < 1.29 is 8.83 Å². The van der Waals surface area contributed by atoms with Crippen molar-refractivity contribution in [1.82, 2.24) is 0 Å². The second-order valence-corrected chi connectivity index (χ2v) is 14.6. The van der Waals surface area contributed by atoms with Gasteiger partial charge in [0.25, 0.3) is 0 Å². The molecule has 2 heterocycles. The molecular weight excluding hydrogens is 723 g/mol. The number of benzene rings is 7. The molecule has 9 rings (SSSR count). The molecule has 59 heavy (non-hydrogen) atoms. The standard InChI is InChI=1S/C54H43N3O2/c1-3-16-42(38-19-10-5-11-20-38)33-49(40-23-14-7-15-24-40)56-36(2)41-26-29-50-44(31-41)46-34-53-47(35-52(46)58-50)45-32-43(27-30-51(45)59-53)54(55)57-48(39-21-12-6-13-22-39)28-25-37-17-8-4-9-18-37/h4-24,26-35H,3,25H2,1-2H3,(H2,55,57)/b42-16-,48-28-,49-33-,56-36?. The van der Waals surface area contributed by atoms with Crippen LogP contribution in [0.3, 0.4) is 0 Å². The number of rotatable bonds is 11. The fourth-order valence-corrected chi connectivity index (χ4v) is 7.58. The van der Waals surface area contributed by atoms with Gasteiger partial charge in [0, 0.05) is 38.4 Å². The van der Waals surface area contributed by atoms with Crippen LogP contribution in [0.15, 0.2) is 207 Å². The molecule has 0 aliphatic carbocycles. The zero-order valence-corrected chi connectivity index (χ0v) is 33.1. The summed E-state index contributed by atoms with van der Waals surface area (Å²) in [6, 6.07) is 57.8. The maximum absolute atomic E-state index is 6.76. The van der Waals surface area contributed by atoms with E-state index in [0.717, 1.165) is 107 Å². The summed E-state index contributed by atoms with van der Waals surface area (Å²) >= 11 is 0. The van der Waals surface area contributed by atoms with Gasteiger partial charge in [0.1, 0.15) is 28.2 Å². The Balaban J connectivity index is 1.07. The highest BCUT2D eigenvalue weighted by Gasteiger charge is 2.16. The number of nitrogens with zero attached hydrogens (tertiary/aromatic N) is 2. The molecule has 0 bridgehead atoms. The number of furan rings is 2. The van der Waals surface area contributed by atoms with E-state index in [2.05, 4.69) is 147 Å². The van der Waals surface area contributed by atoms with Crippen LogP contribution in [0.25, 0.3) is 60.8 Å². The molecule has 0 unspecified atom stereocenters. The van der Waals surface area contributed by atoms with Crippen LogP contribution in [0.2, 0.25) is 0 Å². The van der Waals surface area contributed by atoms with Gasteiger partial charge in [-0.1, -0.05) is 140 Å². The van der Waals surface area contributed by atoms with Gasteiger partial charge in [-0.25, -0.2) is 4.99 Å². The van der Waals surface area contributed by atoms with Crippen molar-refractivity contribution in [3.05, 3.63) is 221 Å². The fourth-order valence-electron chi connectivity index (χ4n) is 7.58. The molecule has 0 aliphatic heterocycles. The van der Waals surface area contributed by atoms with Crippen LogP contribution < -0.4 is 5.73 Å². The van der Waals surface area contributed by atoms with Crippen molar-refractivity contribution in [3.63, 3.8) is 0 Å². The Morgan fingerprint density at radius 2 is 0.983 bits per heavy atom. The lowest BCUT2D eigenvalue weighted by molar-refractivity contribution is 0.664. The molecule has 286 valence electrons. The lowest BCUT2D eigenvalue weighted by Gasteiger charge is -2.09. The first kappa shape index (κ1) is 37.1. The van der Waals surface area contributed by atoms with Gasteiger partial charge in [0.2, 0.25) is 0 Å². The summed E-state index contributed by atoms with van der Waals surface area (Å²) < 4.78 is 12.9. The van der Waals surface area contributed by atoms with Crippen LogP contribution in [-0.2, 0) is 6.42 Å². The first-order valence-electron chi connectivity index (χ1n) is 20.1. The summed E-state index contributed by atoms with van der Waals surface area (Å²) in [6.45, 7) is 4.23. The minimum absolute atomic E-state index is 0.432. The Bertz CT molecular complexity index is 3090. The number of aliphatic imine (C=N–C) groups is 2. The third-order valence-corrected chi connectivity index (χ3v) is 10.6. The molecule has 0 saturated heterocycles. The summed E-state index contributed by atoms with van der Waals surface area (Å²) in [7, 11) is 0. The van der Waals surface area contributed by atoms with Gasteiger partial charge < -0.3 is 14.6 Å². The average molecular weight is 766 g/mol. The van der Waals surface area contributed by atoms with Crippen LogP contribution in [0.1, 0.15) is 53.6 Å². The van der Waals surface area contributed by atoms with Crippen molar-refractivity contribution in [2.45, 2.75) is 26.7 Å². The molecule has 0 saturated carbocycles. The van der Waals surface area contributed by atoms with E-state index in [1.165, 1.54) is 5.56 Å². The lowest BCUT2D eigenvalue weighted by atomic mass is 10.0. The fraction of sp³-hybridized carbons (Fsp3) is 0.0741. The molecule has 0 amide bonds. The number of hydrogen-bond acceptors (Lipinski definition) is 4. The third kappa shape index (κ3) is 7.92. The van der Waals surface area contributed by atoms with Gasteiger partial charge in [0.05, 0.1) is 11.4 Å². The molecule has 7 aromatic carbocycles. The Hall–Kier alpha value is -7.50. The van der Waals surface area contributed by atoms with E-state index in [0.29, 0.717) is 5.84 Å². The van der Waals surface area contributed by atoms with E-state index in [-0.39, 0.29) is 0 Å². The zero-order valence-electron chi connectivity index (χ0n) is 33.1. The lowest BCUT2D eigenvalue weighted by Crippen LogP contribution is -2.13. The van der Waals surface area contributed by atoms with Crippen LogP contribution in [0, 0.1) is 0 Å². The predicted octanol–water partition coefficient (Wildman–Crippen LogP) is 13.8.